The highest BCUT2D eigenvalue weighted by Crippen LogP contribution is 2.18. The molecule has 5 heteroatoms. The van der Waals surface area contributed by atoms with Gasteiger partial charge in [0, 0.05) is 29.7 Å². The molecule has 2 aromatic rings. The topological polar surface area (TPSA) is 42.4 Å². The van der Waals surface area contributed by atoms with Crippen molar-refractivity contribution in [3.8, 4) is 5.88 Å². The summed E-state index contributed by atoms with van der Waals surface area (Å²) < 4.78 is 5.88. The average Bonchev–Trinajstić information content (AvgIpc) is 2.98. The molecular weight excluding hydrogens is 312 g/mol. The zero-order chi connectivity index (χ0) is 16.2. The molecule has 1 saturated heterocycles. The first-order chi connectivity index (χ1) is 11.1. The van der Waals surface area contributed by atoms with Crippen LogP contribution in [-0.2, 0) is 11.2 Å². The Kier molecular flexibility index (Phi) is 4.82. The molecule has 4 nitrogen and oxygen atoms in total. The summed E-state index contributed by atoms with van der Waals surface area (Å²) >= 11 is 5.86. The molecule has 1 unspecified atom stereocenters. The van der Waals surface area contributed by atoms with Gasteiger partial charge in [0.15, 0.2) is 0 Å². The van der Waals surface area contributed by atoms with Crippen molar-refractivity contribution in [3.63, 3.8) is 0 Å². The molecule has 3 rings (SSSR count). The van der Waals surface area contributed by atoms with Gasteiger partial charge in [-0.2, -0.15) is 0 Å². The lowest BCUT2D eigenvalue weighted by atomic mass is 10.1. The van der Waals surface area contributed by atoms with Crippen LogP contribution >= 0.6 is 11.6 Å². The molecule has 1 aromatic carbocycles. The third-order valence-corrected chi connectivity index (χ3v) is 4.17. The molecule has 1 aliphatic heterocycles. The van der Waals surface area contributed by atoms with Gasteiger partial charge in [0.05, 0.1) is 13.0 Å². The summed E-state index contributed by atoms with van der Waals surface area (Å²) in [7, 11) is 0. The molecular formula is C18H19ClN2O2. The van der Waals surface area contributed by atoms with Gasteiger partial charge in [0.25, 0.3) is 0 Å². The normalized spacial score (nSPS) is 17.3. The number of carbonyl (C=O) groups excluding carboxylic acids is 1. The maximum absolute atomic E-state index is 12.4. The Balaban J connectivity index is 1.54. The largest absolute Gasteiger partial charge is 0.472 e. The van der Waals surface area contributed by atoms with E-state index in [4.69, 9.17) is 16.3 Å². The second-order valence-electron chi connectivity index (χ2n) is 5.79. The lowest BCUT2D eigenvalue weighted by Crippen LogP contribution is -2.32. The predicted octanol–water partition coefficient (Wildman–Crippen LogP) is 3.27. The van der Waals surface area contributed by atoms with E-state index in [0.29, 0.717) is 23.9 Å². The van der Waals surface area contributed by atoms with Crippen molar-refractivity contribution in [3.05, 3.63) is 58.7 Å². The maximum atomic E-state index is 12.4. The van der Waals surface area contributed by atoms with Gasteiger partial charge in [0.1, 0.15) is 6.10 Å². The first kappa shape index (κ1) is 15.8. The molecule has 0 N–H and O–H groups in total. The van der Waals surface area contributed by atoms with Crippen molar-refractivity contribution in [2.45, 2.75) is 25.9 Å². The summed E-state index contributed by atoms with van der Waals surface area (Å²) in [5, 5.41) is 0.682. The Hall–Kier alpha value is -2.07. The van der Waals surface area contributed by atoms with E-state index < -0.39 is 0 Å². The lowest BCUT2D eigenvalue weighted by Gasteiger charge is -2.17. The van der Waals surface area contributed by atoms with Crippen LogP contribution in [0, 0.1) is 6.92 Å². The Labute approximate surface area is 141 Å². The van der Waals surface area contributed by atoms with Gasteiger partial charge in [-0.3, -0.25) is 4.79 Å². The minimum absolute atomic E-state index is 0.0125. The number of carbonyl (C=O) groups is 1. The standard InChI is InChI=1S/C18H19ClN2O2/c1-13-3-2-4-17(20-13)23-16-9-10-21(12-16)18(22)11-14-5-7-15(19)8-6-14/h2-8,16H,9-12H2,1H3. The molecule has 0 bridgehead atoms. The number of ether oxygens (including phenoxy) is 1. The van der Waals surface area contributed by atoms with E-state index in [-0.39, 0.29) is 12.0 Å². The number of aryl methyl sites for hydroxylation is 1. The zero-order valence-corrected chi connectivity index (χ0v) is 13.8. The molecule has 1 amide bonds. The monoisotopic (exact) mass is 330 g/mol. The van der Waals surface area contributed by atoms with E-state index in [1.165, 1.54) is 0 Å². The van der Waals surface area contributed by atoms with Gasteiger partial charge in [0.2, 0.25) is 11.8 Å². The molecule has 0 radical (unpaired) electrons. The number of hydrogen-bond acceptors (Lipinski definition) is 3. The average molecular weight is 331 g/mol. The Morgan fingerprint density at radius 1 is 1.30 bits per heavy atom. The molecule has 120 valence electrons. The lowest BCUT2D eigenvalue weighted by molar-refractivity contribution is -0.129. The van der Waals surface area contributed by atoms with Crippen LogP contribution in [-0.4, -0.2) is 35.0 Å². The van der Waals surface area contributed by atoms with Crippen molar-refractivity contribution >= 4 is 17.5 Å². The number of hydrogen-bond donors (Lipinski definition) is 0. The van der Waals surface area contributed by atoms with Crippen LogP contribution in [0.15, 0.2) is 42.5 Å². The number of nitrogens with zero attached hydrogens (tertiary/aromatic N) is 2. The highest BCUT2D eigenvalue weighted by atomic mass is 35.5. The summed E-state index contributed by atoms with van der Waals surface area (Å²) in [4.78, 5) is 18.6. The number of pyridine rings is 1. The number of rotatable bonds is 4. The van der Waals surface area contributed by atoms with Gasteiger partial charge in [-0.05, 0) is 30.7 Å². The molecule has 2 heterocycles. The van der Waals surface area contributed by atoms with Crippen molar-refractivity contribution in [2.24, 2.45) is 0 Å². The number of aromatic nitrogens is 1. The summed E-state index contributed by atoms with van der Waals surface area (Å²) in [6.07, 6.45) is 1.24. The smallest absolute Gasteiger partial charge is 0.227 e. The molecule has 1 atom stereocenters. The van der Waals surface area contributed by atoms with Gasteiger partial charge in [-0.1, -0.05) is 29.8 Å². The Bertz CT molecular complexity index is 688. The molecule has 0 spiro atoms. The highest BCUT2D eigenvalue weighted by Gasteiger charge is 2.27. The third kappa shape index (κ3) is 4.23. The van der Waals surface area contributed by atoms with Crippen LogP contribution in [0.5, 0.6) is 5.88 Å². The van der Waals surface area contributed by atoms with E-state index in [0.717, 1.165) is 24.2 Å². The second-order valence-corrected chi connectivity index (χ2v) is 6.23. The van der Waals surface area contributed by atoms with Crippen molar-refractivity contribution in [1.82, 2.24) is 9.88 Å². The minimum Gasteiger partial charge on any atom is -0.472 e. The molecule has 1 aromatic heterocycles. The molecule has 1 aliphatic rings. The van der Waals surface area contributed by atoms with Crippen LogP contribution in [0.2, 0.25) is 5.02 Å². The number of amides is 1. The van der Waals surface area contributed by atoms with Gasteiger partial charge >= 0.3 is 0 Å². The zero-order valence-electron chi connectivity index (χ0n) is 13.0. The fourth-order valence-corrected chi connectivity index (χ4v) is 2.82. The SMILES string of the molecule is Cc1cccc(OC2CCN(C(=O)Cc3ccc(Cl)cc3)C2)n1. The summed E-state index contributed by atoms with van der Waals surface area (Å²) in [6.45, 7) is 3.27. The summed E-state index contributed by atoms with van der Waals surface area (Å²) in [5.41, 5.74) is 1.90. The van der Waals surface area contributed by atoms with Crippen LogP contribution in [0.1, 0.15) is 17.7 Å². The third-order valence-electron chi connectivity index (χ3n) is 3.92. The van der Waals surface area contributed by atoms with E-state index in [1.54, 1.807) is 0 Å². The van der Waals surface area contributed by atoms with Gasteiger partial charge < -0.3 is 9.64 Å². The number of benzene rings is 1. The number of halogens is 1. The molecule has 23 heavy (non-hydrogen) atoms. The molecule has 0 aliphatic carbocycles. The minimum atomic E-state index is 0.0125. The summed E-state index contributed by atoms with van der Waals surface area (Å²) in [6, 6.07) is 13.1. The van der Waals surface area contributed by atoms with Crippen molar-refractivity contribution in [1.29, 1.82) is 0 Å². The van der Waals surface area contributed by atoms with Crippen LogP contribution in [0.4, 0.5) is 0 Å². The second kappa shape index (κ2) is 7.01. The van der Waals surface area contributed by atoms with E-state index in [9.17, 15) is 4.79 Å². The fourth-order valence-electron chi connectivity index (χ4n) is 2.69. The van der Waals surface area contributed by atoms with Crippen LogP contribution < -0.4 is 4.74 Å². The maximum Gasteiger partial charge on any atom is 0.227 e. The van der Waals surface area contributed by atoms with Gasteiger partial charge in [-0.15, -0.1) is 0 Å². The van der Waals surface area contributed by atoms with Gasteiger partial charge in [-0.25, -0.2) is 4.98 Å². The van der Waals surface area contributed by atoms with Crippen LogP contribution in [0.25, 0.3) is 0 Å². The van der Waals surface area contributed by atoms with Crippen molar-refractivity contribution < 1.29 is 9.53 Å². The first-order valence-corrected chi connectivity index (χ1v) is 8.10. The van der Waals surface area contributed by atoms with E-state index >= 15 is 0 Å². The Morgan fingerprint density at radius 2 is 2.09 bits per heavy atom. The summed E-state index contributed by atoms with van der Waals surface area (Å²) in [5.74, 6) is 0.748. The molecule has 1 fully saturated rings. The van der Waals surface area contributed by atoms with E-state index in [1.807, 2.05) is 54.3 Å². The number of likely N-dealkylation sites (tertiary alicyclic amines) is 1. The predicted molar refractivity (Wildman–Crippen MR) is 89.7 cm³/mol. The fraction of sp³-hybridized carbons (Fsp3) is 0.333. The first-order valence-electron chi connectivity index (χ1n) is 7.73. The Morgan fingerprint density at radius 3 is 2.83 bits per heavy atom. The van der Waals surface area contributed by atoms with E-state index in [2.05, 4.69) is 4.98 Å². The quantitative estimate of drug-likeness (QED) is 0.864. The molecule has 0 saturated carbocycles. The highest BCUT2D eigenvalue weighted by molar-refractivity contribution is 6.30. The van der Waals surface area contributed by atoms with Crippen LogP contribution in [0.3, 0.4) is 0 Å². The van der Waals surface area contributed by atoms with Crippen molar-refractivity contribution in [2.75, 3.05) is 13.1 Å².